The Morgan fingerprint density at radius 2 is 2.00 bits per heavy atom. The molecule has 0 spiro atoms. The van der Waals surface area contributed by atoms with Gasteiger partial charge in [-0.2, -0.15) is 0 Å². The molecule has 0 aliphatic carbocycles. The van der Waals surface area contributed by atoms with E-state index in [1.807, 2.05) is 24.3 Å². The van der Waals surface area contributed by atoms with Gasteiger partial charge in [0, 0.05) is 18.0 Å². The average Bonchev–Trinajstić information content (AvgIpc) is 2.38. The first kappa shape index (κ1) is 11.1. The van der Waals surface area contributed by atoms with Gasteiger partial charge in [0.1, 0.15) is 18.0 Å². The van der Waals surface area contributed by atoms with Crippen molar-refractivity contribution in [2.45, 2.75) is 6.61 Å². The van der Waals surface area contributed by atoms with Crippen molar-refractivity contribution in [1.82, 2.24) is 4.98 Å². The van der Waals surface area contributed by atoms with Crippen molar-refractivity contribution in [3.8, 4) is 5.75 Å². The van der Waals surface area contributed by atoms with Gasteiger partial charge in [-0.3, -0.25) is 9.98 Å². The molecule has 1 aromatic heterocycles. The number of rotatable bonds is 4. The highest BCUT2D eigenvalue weighted by Crippen LogP contribution is 2.25. The van der Waals surface area contributed by atoms with Gasteiger partial charge in [-0.05, 0) is 24.4 Å². The molecule has 4 heteroatoms. The van der Waals surface area contributed by atoms with Crippen LogP contribution in [0.3, 0.4) is 0 Å². The Morgan fingerprint density at radius 3 is 2.71 bits per heavy atom. The van der Waals surface area contributed by atoms with Crippen LogP contribution < -0.4 is 10.5 Å². The Bertz CT molecular complexity index is 508. The number of anilines is 1. The second-order valence-electron chi connectivity index (χ2n) is 3.53. The Kier molecular flexibility index (Phi) is 3.35. The van der Waals surface area contributed by atoms with E-state index in [1.165, 1.54) is 0 Å². The van der Waals surface area contributed by atoms with E-state index in [1.54, 1.807) is 18.5 Å². The lowest BCUT2D eigenvalue weighted by atomic mass is 10.2. The van der Waals surface area contributed by atoms with Gasteiger partial charge in [0.15, 0.2) is 0 Å². The molecule has 0 aliphatic rings. The van der Waals surface area contributed by atoms with E-state index in [9.17, 15) is 0 Å². The number of nitrogen functional groups attached to an aromatic ring is 1. The summed E-state index contributed by atoms with van der Waals surface area (Å²) in [5, 5.41) is 0. The van der Waals surface area contributed by atoms with Crippen molar-refractivity contribution in [3.05, 3.63) is 48.3 Å². The molecule has 0 saturated carbocycles. The SMILES string of the molecule is C=Nc1cnccc1OCc1ccc(N)cc1. The summed E-state index contributed by atoms with van der Waals surface area (Å²) in [6.45, 7) is 3.94. The van der Waals surface area contributed by atoms with Crippen LogP contribution in [0.25, 0.3) is 0 Å². The second kappa shape index (κ2) is 5.12. The first-order valence-corrected chi connectivity index (χ1v) is 5.17. The van der Waals surface area contributed by atoms with Gasteiger partial charge < -0.3 is 10.5 Å². The lowest BCUT2D eigenvalue weighted by Crippen LogP contribution is -1.96. The molecule has 0 aliphatic heterocycles. The molecule has 0 amide bonds. The number of ether oxygens (including phenoxy) is 1. The standard InChI is InChI=1S/C13H13N3O/c1-15-12-8-16-7-6-13(12)17-9-10-2-4-11(14)5-3-10/h2-8H,1,9,14H2. The van der Waals surface area contributed by atoms with E-state index in [4.69, 9.17) is 10.5 Å². The monoisotopic (exact) mass is 227 g/mol. The van der Waals surface area contributed by atoms with Gasteiger partial charge in [0.25, 0.3) is 0 Å². The molecule has 0 atom stereocenters. The molecule has 0 saturated heterocycles. The number of hydrogen-bond acceptors (Lipinski definition) is 4. The van der Waals surface area contributed by atoms with Gasteiger partial charge in [-0.15, -0.1) is 0 Å². The van der Waals surface area contributed by atoms with E-state index in [0.29, 0.717) is 18.0 Å². The van der Waals surface area contributed by atoms with Crippen LogP contribution in [0.2, 0.25) is 0 Å². The number of aliphatic imine (C=N–C) groups is 1. The summed E-state index contributed by atoms with van der Waals surface area (Å²) in [6.07, 6.45) is 3.28. The first-order chi connectivity index (χ1) is 8.29. The maximum atomic E-state index is 5.64. The van der Waals surface area contributed by atoms with E-state index in [-0.39, 0.29) is 0 Å². The minimum atomic E-state index is 0.465. The molecule has 86 valence electrons. The molecule has 2 N–H and O–H groups in total. The number of pyridine rings is 1. The van der Waals surface area contributed by atoms with Crippen LogP contribution >= 0.6 is 0 Å². The van der Waals surface area contributed by atoms with Gasteiger partial charge in [0.05, 0.1) is 6.20 Å². The van der Waals surface area contributed by atoms with E-state index >= 15 is 0 Å². The fourth-order valence-corrected chi connectivity index (χ4v) is 1.39. The van der Waals surface area contributed by atoms with Crippen molar-refractivity contribution >= 4 is 18.1 Å². The molecule has 0 fully saturated rings. The average molecular weight is 227 g/mol. The van der Waals surface area contributed by atoms with Gasteiger partial charge in [-0.25, -0.2) is 0 Å². The van der Waals surface area contributed by atoms with E-state index < -0.39 is 0 Å². The Hall–Kier alpha value is -2.36. The quantitative estimate of drug-likeness (QED) is 0.645. The van der Waals surface area contributed by atoms with Crippen LogP contribution in [-0.2, 0) is 6.61 Å². The van der Waals surface area contributed by atoms with Gasteiger partial charge in [0.2, 0.25) is 0 Å². The highest BCUT2D eigenvalue weighted by molar-refractivity contribution is 5.53. The molecule has 0 unspecified atom stereocenters. The van der Waals surface area contributed by atoms with E-state index in [2.05, 4.69) is 16.7 Å². The maximum Gasteiger partial charge on any atom is 0.148 e. The third-order valence-electron chi connectivity index (χ3n) is 2.31. The summed E-state index contributed by atoms with van der Waals surface area (Å²) in [4.78, 5) is 7.79. The molecular weight excluding hydrogens is 214 g/mol. The van der Waals surface area contributed by atoms with E-state index in [0.717, 1.165) is 11.3 Å². The smallest absolute Gasteiger partial charge is 0.148 e. The van der Waals surface area contributed by atoms with Crippen LogP contribution in [0, 0.1) is 0 Å². The summed E-state index contributed by atoms with van der Waals surface area (Å²) in [5.41, 5.74) is 8.04. The molecule has 2 aromatic rings. The minimum Gasteiger partial charge on any atom is -0.487 e. The molecule has 0 radical (unpaired) electrons. The van der Waals surface area contributed by atoms with Crippen LogP contribution in [0.5, 0.6) is 5.75 Å². The zero-order chi connectivity index (χ0) is 12.1. The summed E-state index contributed by atoms with van der Waals surface area (Å²) in [7, 11) is 0. The molecule has 1 heterocycles. The lowest BCUT2D eigenvalue weighted by molar-refractivity contribution is 0.307. The number of nitrogens with two attached hydrogens (primary N) is 1. The van der Waals surface area contributed by atoms with Crippen LogP contribution in [-0.4, -0.2) is 11.7 Å². The molecule has 4 nitrogen and oxygen atoms in total. The largest absolute Gasteiger partial charge is 0.487 e. The lowest BCUT2D eigenvalue weighted by Gasteiger charge is -2.08. The number of benzene rings is 1. The Balaban J connectivity index is 2.07. The summed E-state index contributed by atoms with van der Waals surface area (Å²) >= 11 is 0. The van der Waals surface area contributed by atoms with Crippen molar-refractivity contribution in [2.24, 2.45) is 4.99 Å². The third kappa shape index (κ3) is 2.81. The van der Waals surface area contributed by atoms with Crippen LogP contribution in [0.15, 0.2) is 47.7 Å². The Morgan fingerprint density at radius 1 is 1.24 bits per heavy atom. The summed E-state index contributed by atoms with van der Waals surface area (Å²) < 4.78 is 5.64. The number of hydrogen-bond donors (Lipinski definition) is 1. The van der Waals surface area contributed by atoms with Crippen molar-refractivity contribution in [2.75, 3.05) is 5.73 Å². The Labute approximate surface area is 99.8 Å². The van der Waals surface area contributed by atoms with Crippen molar-refractivity contribution in [1.29, 1.82) is 0 Å². The maximum absolute atomic E-state index is 5.64. The highest BCUT2D eigenvalue weighted by Gasteiger charge is 2.01. The topological polar surface area (TPSA) is 60.5 Å². The second-order valence-corrected chi connectivity index (χ2v) is 3.53. The summed E-state index contributed by atoms with van der Waals surface area (Å²) in [5.74, 6) is 0.673. The summed E-state index contributed by atoms with van der Waals surface area (Å²) in [6, 6.07) is 9.31. The highest BCUT2D eigenvalue weighted by atomic mass is 16.5. The molecule has 1 aromatic carbocycles. The third-order valence-corrected chi connectivity index (χ3v) is 2.31. The van der Waals surface area contributed by atoms with Crippen molar-refractivity contribution < 1.29 is 4.74 Å². The van der Waals surface area contributed by atoms with Crippen LogP contribution in [0.1, 0.15) is 5.56 Å². The van der Waals surface area contributed by atoms with Crippen molar-refractivity contribution in [3.63, 3.8) is 0 Å². The molecular formula is C13H13N3O. The molecule has 2 rings (SSSR count). The zero-order valence-electron chi connectivity index (χ0n) is 9.34. The number of aromatic nitrogens is 1. The van der Waals surface area contributed by atoms with Gasteiger partial charge in [-0.1, -0.05) is 12.1 Å². The fourth-order valence-electron chi connectivity index (χ4n) is 1.39. The predicted molar refractivity (Wildman–Crippen MR) is 68.6 cm³/mol. The zero-order valence-corrected chi connectivity index (χ0v) is 9.34. The van der Waals surface area contributed by atoms with Gasteiger partial charge >= 0.3 is 0 Å². The first-order valence-electron chi connectivity index (χ1n) is 5.17. The fraction of sp³-hybridized carbons (Fsp3) is 0.0769. The predicted octanol–water partition coefficient (Wildman–Crippen LogP) is 2.57. The molecule has 0 bridgehead atoms. The number of nitrogens with zero attached hydrogens (tertiary/aromatic N) is 2. The normalized spacial score (nSPS) is 9.88. The molecule has 17 heavy (non-hydrogen) atoms. The minimum absolute atomic E-state index is 0.465. The van der Waals surface area contributed by atoms with Crippen LogP contribution in [0.4, 0.5) is 11.4 Å².